The molecule has 0 radical (unpaired) electrons. The SMILES string of the molecule is O=C(c1cccc2ccncc12)N1CCOCC1. The minimum Gasteiger partial charge on any atom is -0.378 e. The van der Waals surface area contributed by atoms with E-state index in [-0.39, 0.29) is 5.91 Å². The van der Waals surface area contributed by atoms with Crippen LogP contribution in [0.4, 0.5) is 0 Å². The van der Waals surface area contributed by atoms with Crippen LogP contribution in [-0.4, -0.2) is 42.1 Å². The van der Waals surface area contributed by atoms with Crippen LogP contribution in [0.25, 0.3) is 10.8 Å². The molecular formula is C14H14N2O2. The van der Waals surface area contributed by atoms with Crippen LogP contribution in [0, 0.1) is 0 Å². The lowest BCUT2D eigenvalue weighted by Crippen LogP contribution is -2.40. The van der Waals surface area contributed by atoms with E-state index in [2.05, 4.69) is 4.98 Å². The van der Waals surface area contributed by atoms with Gasteiger partial charge in [-0.1, -0.05) is 12.1 Å². The first-order valence-corrected chi connectivity index (χ1v) is 6.06. The van der Waals surface area contributed by atoms with Gasteiger partial charge in [0.2, 0.25) is 0 Å². The zero-order valence-electron chi connectivity index (χ0n) is 10.0. The highest BCUT2D eigenvalue weighted by Crippen LogP contribution is 2.19. The van der Waals surface area contributed by atoms with E-state index in [0.29, 0.717) is 26.3 Å². The van der Waals surface area contributed by atoms with Gasteiger partial charge in [0.1, 0.15) is 0 Å². The molecule has 18 heavy (non-hydrogen) atoms. The summed E-state index contributed by atoms with van der Waals surface area (Å²) in [5, 5.41) is 1.96. The maximum atomic E-state index is 12.5. The Morgan fingerprint density at radius 1 is 1.22 bits per heavy atom. The van der Waals surface area contributed by atoms with Gasteiger partial charge in [-0.05, 0) is 17.5 Å². The van der Waals surface area contributed by atoms with Crippen molar-refractivity contribution < 1.29 is 9.53 Å². The van der Waals surface area contributed by atoms with Crippen molar-refractivity contribution in [2.75, 3.05) is 26.3 Å². The average molecular weight is 242 g/mol. The standard InChI is InChI=1S/C14H14N2O2/c17-14(16-6-8-18-9-7-16)12-3-1-2-11-4-5-15-10-13(11)12/h1-5,10H,6-9H2. The second-order valence-corrected chi connectivity index (χ2v) is 4.31. The van der Waals surface area contributed by atoms with Gasteiger partial charge in [0.05, 0.1) is 13.2 Å². The number of aromatic nitrogens is 1. The van der Waals surface area contributed by atoms with Gasteiger partial charge in [0.25, 0.3) is 5.91 Å². The predicted molar refractivity (Wildman–Crippen MR) is 68.5 cm³/mol. The molecule has 0 N–H and O–H groups in total. The quantitative estimate of drug-likeness (QED) is 0.764. The largest absolute Gasteiger partial charge is 0.378 e. The minimum absolute atomic E-state index is 0.0666. The van der Waals surface area contributed by atoms with Crippen LogP contribution >= 0.6 is 0 Å². The van der Waals surface area contributed by atoms with E-state index >= 15 is 0 Å². The number of benzene rings is 1. The summed E-state index contributed by atoms with van der Waals surface area (Å²) in [5.41, 5.74) is 0.725. The molecule has 1 amide bonds. The van der Waals surface area contributed by atoms with E-state index in [1.54, 1.807) is 12.4 Å². The molecule has 2 aromatic rings. The Labute approximate surface area is 105 Å². The molecule has 2 heterocycles. The summed E-state index contributed by atoms with van der Waals surface area (Å²) in [6.45, 7) is 2.56. The van der Waals surface area contributed by atoms with Crippen molar-refractivity contribution >= 4 is 16.7 Å². The summed E-state index contributed by atoms with van der Waals surface area (Å²) in [4.78, 5) is 18.4. The third kappa shape index (κ3) is 1.95. The fourth-order valence-corrected chi connectivity index (χ4v) is 2.24. The molecule has 1 aliphatic heterocycles. The molecule has 1 aromatic heterocycles. The van der Waals surface area contributed by atoms with Crippen molar-refractivity contribution in [2.24, 2.45) is 0 Å². The number of hydrogen-bond donors (Lipinski definition) is 0. The Morgan fingerprint density at radius 2 is 2.06 bits per heavy atom. The first-order valence-electron chi connectivity index (χ1n) is 6.06. The lowest BCUT2D eigenvalue weighted by molar-refractivity contribution is 0.0304. The topological polar surface area (TPSA) is 42.4 Å². The Hall–Kier alpha value is -1.94. The number of carbonyl (C=O) groups is 1. The van der Waals surface area contributed by atoms with Crippen molar-refractivity contribution in [1.29, 1.82) is 0 Å². The summed E-state index contributed by atoms with van der Waals surface area (Å²) < 4.78 is 5.27. The predicted octanol–water partition coefficient (Wildman–Crippen LogP) is 1.71. The summed E-state index contributed by atoms with van der Waals surface area (Å²) in [5.74, 6) is 0.0666. The molecule has 4 heteroatoms. The second kappa shape index (κ2) is 4.74. The zero-order valence-corrected chi connectivity index (χ0v) is 10.0. The smallest absolute Gasteiger partial charge is 0.254 e. The monoisotopic (exact) mass is 242 g/mol. The van der Waals surface area contributed by atoms with Gasteiger partial charge in [-0.3, -0.25) is 9.78 Å². The molecule has 0 spiro atoms. The molecule has 1 saturated heterocycles. The molecule has 1 aromatic carbocycles. The van der Waals surface area contributed by atoms with E-state index in [4.69, 9.17) is 4.74 Å². The highest BCUT2D eigenvalue weighted by Gasteiger charge is 2.19. The maximum Gasteiger partial charge on any atom is 0.254 e. The Morgan fingerprint density at radius 3 is 2.89 bits per heavy atom. The van der Waals surface area contributed by atoms with Crippen LogP contribution in [0.3, 0.4) is 0 Å². The van der Waals surface area contributed by atoms with E-state index in [0.717, 1.165) is 16.3 Å². The van der Waals surface area contributed by atoms with Crippen LogP contribution in [0.5, 0.6) is 0 Å². The molecule has 0 saturated carbocycles. The van der Waals surface area contributed by atoms with Crippen LogP contribution < -0.4 is 0 Å². The lowest BCUT2D eigenvalue weighted by Gasteiger charge is -2.27. The molecule has 3 rings (SSSR count). The van der Waals surface area contributed by atoms with Gasteiger partial charge in [-0.15, -0.1) is 0 Å². The molecule has 0 atom stereocenters. The lowest BCUT2D eigenvalue weighted by atomic mass is 10.1. The minimum atomic E-state index is 0.0666. The van der Waals surface area contributed by atoms with E-state index in [1.807, 2.05) is 29.2 Å². The van der Waals surface area contributed by atoms with Gasteiger partial charge in [-0.25, -0.2) is 0 Å². The molecule has 0 unspecified atom stereocenters. The maximum absolute atomic E-state index is 12.5. The number of ether oxygens (including phenoxy) is 1. The number of rotatable bonds is 1. The zero-order chi connectivity index (χ0) is 12.4. The van der Waals surface area contributed by atoms with Gasteiger partial charge < -0.3 is 9.64 Å². The van der Waals surface area contributed by atoms with E-state index < -0.39 is 0 Å². The first-order chi connectivity index (χ1) is 8.86. The first kappa shape index (κ1) is 11.2. The Bertz CT molecular complexity index is 572. The fourth-order valence-electron chi connectivity index (χ4n) is 2.24. The summed E-state index contributed by atoms with van der Waals surface area (Å²) in [6.07, 6.45) is 3.49. The van der Waals surface area contributed by atoms with Crippen LogP contribution in [0.1, 0.15) is 10.4 Å². The highest BCUT2D eigenvalue weighted by molar-refractivity contribution is 6.06. The van der Waals surface area contributed by atoms with Crippen molar-refractivity contribution in [2.45, 2.75) is 0 Å². The van der Waals surface area contributed by atoms with Crippen LogP contribution in [0.15, 0.2) is 36.7 Å². The summed E-state index contributed by atoms with van der Waals surface area (Å²) in [7, 11) is 0. The molecule has 0 aliphatic carbocycles. The molecule has 1 aliphatic rings. The van der Waals surface area contributed by atoms with E-state index in [1.165, 1.54) is 0 Å². The second-order valence-electron chi connectivity index (χ2n) is 4.31. The normalized spacial score (nSPS) is 15.9. The van der Waals surface area contributed by atoms with Crippen molar-refractivity contribution in [3.05, 3.63) is 42.2 Å². The number of amides is 1. The van der Waals surface area contributed by atoms with Gasteiger partial charge in [0, 0.05) is 36.4 Å². The van der Waals surface area contributed by atoms with Gasteiger partial charge in [0.15, 0.2) is 0 Å². The number of pyridine rings is 1. The number of fused-ring (bicyclic) bond motifs is 1. The Balaban J connectivity index is 2.00. The third-order valence-corrected chi connectivity index (χ3v) is 3.21. The van der Waals surface area contributed by atoms with Crippen molar-refractivity contribution in [3.63, 3.8) is 0 Å². The van der Waals surface area contributed by atoms with Crippen molar-refractivity contribution in [3.8, 4) is 0 Å². The van der Waals surface area contributed by atoms with Gasteiger partial charge in [-0.2, -0.15) is 0 Å². The number of nitrogens with zero attached hydrogens (tertiary/aromatic N) is 2. The average Bonchev–Trinajstić information content (AvgIpc) is 2.47. The van der Waals surface area contributed by atoms with Crippen LogP contribution in [-0.2, 0) is 4.74 Å². The molecular weight excluding hydrogens is 228 g/mol. The summed E-state index contributed by atoms with van der Waals surface area (Å²) >= 11 is 0. The molecule has 0 bridgehead atoms. The molecule has 1 fully saturated rings. The molecule has 4 nitrogen and oxygen atoms in total. The van der Waals surface area contributed by atoms with Gasteiger partial charge >= 0.3 is 0 Å². The number of hydrogen-bond acceptors (Lipinski definition) is 3. The highest BCUT2D eigenvalue weighted by atomic mass is 16.5. The third-order valence-electron chi connectivity index (χ3n) is 3.21. The van der Waals surface area contributed by atoms with Crippen LogP contribution in [0.2, 0.25) is 0 Å². The summed E-state index contributed by atoms with van der Waals surface area (Å²) in [6, 6.07) is 7.69. The number of carbonyl (C=O) groups excluding carboxylic acids is 1. The number of morpholine rings is 1. The van der Waals surface area contributed by atoms with E-state index in [9.17, 15) is 4.79 Å². The fraction of sp³-hybridized carbons (Fsp3) is 0.286. The van der Waals surface area contributed by atoms with Crippen molar-refractivity contribution in [1.82, 2.24) is 9.88 Å². The molecule has 92 valence electrons. The Kier molecular flexibility index (Phi) is 2.94.